The largest absolute Gasteiger partial charge is 0.324 e. The molecular weight excluding hydrogens is 380 g/mol. The predicted molar refractivity (Wildman–Crippen MR) is 113 cm³/mol. The highest BCUT2D eigenvalue weighted by Gasteiger charge is 2.19. The lowest BCUT2D eigenvalue weighted by Crippen LogP contribution is -2.36. The number of hydrogen-bond donors (Lipinski definition) is 2. The van der Waals surface area contributed by atoms with Gasteiger partial charge in [-0.3, -0.25) is 15.1 Å². The van der Waals surface area contributed by atoms with Crippen molar-refractivity contribution in [2.24, 2.45) is 0 Å². The average Bonchev–Trinajstić information content (AvgIpc) is 3.16. The molecule has 3 aromatic heterocycles. The van der Waals surface area contributed by atoms with Crippen LogP contribution in [0, 0.1) is 6.92 Å². The molecule has 3 heterocycles. The van der Waals surface area contributed by atoms with Gasteiger partial charge in [0.2, 0.25) is 0 Å². The molecule has 2 N–H and O–H groups in total. The fourth-order valence-electron chi connectivity index (χ4n) is 3.21. The van der Waals surface area contributed by atoms with E-state index in [4.69, 9.17) is 0 Å². The zero-order valence-corrected chi connectivity index (χ0v) is 16.5. The van der Waals surface area contributed by atoms with Gasteiger partial charge in [0.25, 0.3) is 0 Å². The van der Waals surface area contributed by atoms with Crippen LogP contribution < -0.4 is 10.6 Å². The molecule has 0 bridgehead atoms. The molecule has 0 aliphatic carbocycles. The predicted octanol–water partition coefficient (Wildman–Crippen LogP) is 3.58. The molecule has 1 aromatic carbocycles. The number of anilines is 1. The third-order valence-electron chi connectivity index (χ3n) is 4.64. The Morgan fingerprint density at radius 1 is 1.03 bits per heavy atom. The Morgan fingerprint density at radius 2 is 1.83 bits per heavy atom. The van der Waals surface area contributed by atoms with Gasteiger partial charge >= 0.3 is 6.03 Å². The second-order valence-electron chi connectivity index (χ2n) is 6.89. The van der Waals surface area contributed by atoms with Gasteiger partial charge in [0.05, 0.1) is 23.6 Å². The fraction of sp³-hybridized carbons (Fsp3) is 0.136. The van der Waals surface area contributed by atoms with E-state index in [-0.39, 0.29) is 5.78 Å². The summed E-state index contributed by atoms with van der Waals surface area (Å²) in [6.45, 7) is 3.36. The molecule has 8 heteroatoms. The summed E-state index contributed by atoms with van der Waals surface area (Å²) in [5.41, 5.74) is 3.29. The third-order valence-corrected chi connectivity index (χ3v) is 4.64. The maximum Gasteiger partial charge on any atom is 0.321 e. The first-order chi connectivity index (χ1) is 14.5. The molecule has 2 amide bonds. The first-order valence-electron chi connectivity index (χ1n) is 9.41. The monoisotopic (exact) mass is 400 g/mol. The maximum absolute atomic E-state index is 12.5. The summed E-state index contributed by atoms with van der Waals surface area (Å²) in [6.07, 6.45) is 5.08. The summed E-state index contributed by atoms with van der Waals surface area (Å²) in [5.74, 6) is 0.203. The van der Waals surface area contributed by atoms with E-state index >= 15 is 0 Å². The Balaban J connectivity index is 1.53. The van der Waals surface area contributed by atoms with Crippen LogP contribution in [0.25, 0.3) is 16.6 Å². The van der Waals surface area contributed by atoms with Gasteiger partial charge in [-0.05, 0) is 37.6 Å². The summed E-state index contributed by atoms with van der Waals surface area (Å²) in [5, 5.41) is 10.6. The highest BCUT2D eigenvalue weighted by molar-refractivity contribution is 5.95. The Kier molecular flexibility index (Phi) is 5.21. The van der Waals surface area contributed by atoms with E-state index in [0.717, 1.165) is 27.8 Å². The number of aromatic nitrogens is 4. The van der Waals surface area contributed by atoms with Crippen molar-refractivity contribution in [1.82, 2.24) is 25.1 Å². The molecule has 8 nitrogen and oxygen atoms in total. The first-order valence-corrected chi connectivity index (χ1v) is 9.41. The smallest absolute Gasteiger partial charge is 0.321 e. The van der Waals surface area contributed by atoms with Crippen LogP contribution in [-0.2, 0) is 4.79 Å². The minimum atomic E-state index is -0.729. The molecule has 1 unspecified atom stereocenters. The van der Waals surface area contributed by atoms with Crippen LogP contribution >= 0.6 is 0 Å². The Labute approximate surface area is 173 Å². The highest BCUT2D eigenvalue weighted by atomic mass is 16.2. The van der Waals surface area contributed by atoms with Crippen LogP contribution in [0.3, 0.4) is 0 Å². The van der Waals surface area contributed by atoms with Crippen LogP contribution in [0.1, 0.15) is 24.2 Å². The number of nitrogens with one attached hydrogen (secondary N) is 2. The lowest BCUT2D eigenvalue weighted by Gasteiger charge is -2.16. The van der Waals surface area contributed by atoms with E-state index in [2.05, 4.69) is 25.7 Å². The molecule has 0 fully saturated rings. The van der Waals surface area contributed by atoms with Gasteiger partial charge in [0.1, 0.15) is 11.9 Å². The van der Waals surface area contributed by atoms with Gasteiger partial charge in [-0.2, -0.15) is 5.10 Å². The SMILES string of the molecule is CC(=O)C(NC(=O)Nc1cc2cnn(-c3ccnc(C)c3)c2cn1)c1ccccc1. The number of fused-ring (bicyclic) bond motifs is 1. The lowest BCUT2D eigenvalue weighted by molar-refractivity contribution is -0.118. The number of carbonyl (C=O) groups excluding carboxylic acids is 2. The van der Waals surface area contributed by atoms with Crippen LogP contribution in [0.2, 0.25) is 0 Å². The summed E-state index contributed by atoms with van der Waals surface area (Å²) in [7, 11) is 0. The molecular formula is C22H20N6O2. The molecule has 30 heavy (non-hydrogen) atoms. The van der Waals surface area contributed by atoms with Crippen molar-refractivity contribution in [3.8, 4) is 5.69 Å². The van der Waals surface area contributed by atoms with E-state index in [9.17, 15) is 9.59 Å². The lowest BCUT2D eigenvalue weighted by atomic mass is 10.0. The number of hydrogen-bond acceptors (Lipinski definition) is 5. The van der Waals surface area contributed by atoms with Crippen molar-refractivity contribution in [1.29, 1.82) is 0 Å². The van der Waals surface area contributed by atoms with Crippen LogP contribution in [0.5, 0.6) is 0 Å². The number of Topliss-reactive ketones (excluding diaryl/α,β-unsaturated/α-hetero) is 1. The van der Waals surface area contributed by atoms with Gasteiger partial charge in [-0.15, -0.1) is 0 Å². The zero-order valence-electron chi connectivity index (χ0n) is 16.5. The van der Waals surface area contributed by atoms with Crippen molar-refractivity contribution in [3.05, 3.63) is 78.4 Å². The quantitative estimate of drug-likeness (QED) is 0.533. The molecule has 0 spiro atoms. The number of ketones is 1. The third kappa shape index (κ3) is 4.02. The number of benzene rings is 1. The minimum Gasteiger partial charge on any atom is -0.324 e. The van der Waals surface area contributed by atoms with Crippen molar-refractivity contribution in [2.45, 2.75) is 19.9 Å². The second-order valence-corrected chi connectivity index (χ2v) is 6.89. The fourth-order valence-corrected chi connectivity index (χ4v) is 3.21. The number of amides is 2. The normalized spacial score (nSPS) is 11.8. The van der Waals surface area contributed by atoms with E-state index < -0.39 is 12.1 Å². The van der Waals surface area contributed by atoms with Gasteiger partial charge in [-0.1, -0.05) is 30.3 Å². The molecule has 0 saturated carbocycles. The number of aryl methyl sites for hydroxylation is 1. The minimum absolute atomic E-state index is 0.159. The maximum atomic E-state index is 12.5. The summed E-state index contributed by atoms with van der Waals surface area (Å²) >= 11 is 0. The first kappa shape index (κ1) is 19.3. The van der Waals surface area contributed by atoms with E-state index in [1.165, 1.54) is 6.92 Å². The molecule has 1 atom stereocenters. The number of nitrogens with zero attached hydrogens (tertiary/aromatic N) is 4. The van der Waals surface area contributed by atoms with Gasteiger partial charge in [-0.25, -0.2) is 14.5 Å². The van der Waals surface area contributed by atoms with Crippen molar-refractivity contribution >= 4 is 28.5 Å². The summed E-state index contributed by atoms with van der Waals surface area (Å²) < 4.78 is 1.77. The molecule has 0 aliphatic heterocycles. The topological polar surface area (TPSA) is 102 Å². The van der Waals surface area contributed by atoms with Crippen molar-refractivity contribution in [3.63, 3.8) is 0 Å². The highest BCUT2D eigenvalue weighted by Crippen LogP contribution is 2.20. The molecule has 4 aromatic rings. The molecule has 4 rings (SSSR count). The van der Waals surface area contributed by atoms with Gasteiger partial charge in [0.15, 0.2) is 5.78 Å². The standard InChI is InChI=1S/C22H20N6O2/c1-14-10-18(8-9-23-14)28-19-13-24-20(11-17(19)12-25-28)26-22(30)27-21(15(2)29)16-6-4-3-5-7-16/h3-13,21H,1-2H3,(H2,24,26,27,30). The number of urea groups is 1. The van der Waals surface area contributed by atoms with Gasteiger partial charge < -0.3 is 5.32 Å². The van der Waals surface area contributed by atoms with Crippen LogP contribution in [0.15, 0.2) is 67.1 Å². The number of rotatable bonds is 5. The Hall–Kier alpha value is -4.07. The molecule has 150 valence electrons. The van der Waals surface area contributed by atoms with Crippen molar-refractivity contribution < 1.29 is 9.59 Å². The molecule has 0 aliphatic rings. The van der Waals surface area contributed by atoms with Gasteiger partial charge in [0, 0.05) is 17.3 Å². The van der Waals surface area contributed by atoms with Crippen LogP contribution in [0.4, 0.5) is 10.6 Å². The Morgan fingerprint density at radius 3 is 2.57 bits per heavy atom. The molecule has 0 radical (unpaired) electrons. The number of carbonyl (C=O) groups is 2. The Bertz CT molecular complexity index is 1220. The zero-order chi connectivity index (χ0) is 21.1. The van der Waals surface area contributed by atoms with Crippen LogP contribution in [-0.4, -0.2) is 31.6 Å². The van der Waals surface area contributed by atoms with Crippen molar-refractivity contribution in [2.75, 3.05) is 5.32 Å². The van der Waals surface area contributed by atoms with E-state index in [1.54, 1.807) is 41.5 Å². The summed E-state index contributed by atoms with van der Waals surface area (Å²) in [6, 6.07) is 13.4. The molecule has 0 saturated heterocycles. The number of pyridine rings is 2. The van der Waals surface area contributed by atoms with E-state index in [1.807, 2.05) is 37.3 Å². The second kappa shape index (κ2) is 8.12. The summed E-state index contributed by atoms with van der Waals surface area (Å²) in [4.78, 5) is 33.0. The van der Waals surface area contributed by atoms with E-state index in [0.29, 0.717) is 5.82 Å². The average molecular weight is 400 g/mol.